The Morgan fingerprint density at radius 1 is 0.857 bits per heavy atom. The molecule has 0 amide bonds. The summed E-state index contributed by atoms with van der Waals surface area (Å²) in [4.78, 5) is 0. The Morgan fingerprint density at radius 2 is 1.43 bits per heavy atom. The van der Waals surface area contributed by atoms with Crippen LogP contribution >= 0.6 is 0 Å². The van der Waals surface area contributed by atoms with Crippen molar-refractivity contribution in [2.45, 2.75) is 6.92 Å². The Hall–Kier alpha value is -0.276. The monoisotopic (exact) mass is 271 g/mol. The van der Waals surface area contributed by atoms with Crippen LogP contribution in [0.4, 0.5) is 0 Å². The van der Waals surface area contributed by atoms with Crippen LogP contribution in [0.1, 0.15) is 5.56 Å². The van der Waals surface area contributed by atoms with Gasteiger partial charge in [0.1, 0.15) is 0 Å². The second-order valence-corrected chi connectivity index (χ2v) is 2.65. The predicted octanol–water partition coefficient (Wildman–Crippen LogP) is 2.02. The Kier molecular flexibility index (Phi) is 6.13. The summed E-state index contributed by atoms with van der Waals surface area (Å²) in [6.45, 7) is 1.96. The Labute approximate surface area is 110 Å². The van der Waals surface area contributed by atoms with Gasteiger partial charge in [-0.05, 0) is 18.6 Å². The van der Waals surface area contributed by atoms with Gasteiger partial charge < -0.3 is 14.2 Å². The molecule has 0 aromatic heterocycles. The summed E-state index contributed by atoms with van der Waals surface area (Å²) in [6, 6.07) is 3.79. The van der Waals surface area contributed by atoms with E-state index in [1.165, 1.54) is 0 Å². The van der Waals surface area contributed by atoms with E-state index in [0.717, 1.165) is 11.3 Å². The summed E-state index contributed by atoms with van der Waals surface area (Å²) in [5.74, 6) is 2.05. The molecular weight excluding hydrogens is 257 g/mol. The number of hydrogen-bond acceptors (Lipinski definition) is 3. The van der Waals surface area contributed by atoms with Gasteiger partial charge in [0.15, 0.2) is 11.5 Å². The summed E-state index contributed by atoms with van der Waals surface area (Å²) < 4.78 is 15.5. The average molecular weight is 271 g/mol. The molecule has 14 heavy (non-hydrogen) atoms. The largest absolute Gasteiger partial charge is 0.493 e. The SMILES string of the molecule is COc1ccc(C)c(OC)c1OC.[Y]. The van der Waals surface area contributed by atoms with Crippen molar-refractivity contribution < 1.29 is 46.9 Å². The van der Waals surface area contributed by atoms with E-state index in [0.29, 0.717) is 11.5 Å². The van der Waals surface area contributed by atoms with Crippen molar-refractivity contribution in [3.63, 3.8) is 0 Å². The molecule has 0 fully saturated rings. The van der Waals surface area contributed by atoms with Crippen LogP contribution in [-0.4, -0.2) is 21.3 Å². The first kappa shape index (κ1) is 13.7. The first-order chi connectivity index (χ1) is 6.24. The third-order valence-electron chi connectivity index (χ3n) is 1.90. The number of hydrogen-bond donors (Lipinski definition) is 0. The molecule has 0 saturated heterocycles. The molecule has 0 N–H and O–H groups in total. The van der Waals surface area contributed by atoms with Gasteiger partial charge in [0.05, 0.1) is 21.3 Å². The number of rotatable bonds is 3. The van der Waals surface area contributed by atoms with E-state index in [4.69, 9.17) is 14.2 Å². The van der Waals surface area contributed by atoms with Crippen molar-refractivity contribution in [1.29, 1.82) is 0 Å². The first-order valence-electron chi connectivity index (χ1n) is 4.00. The van der Waals surface area contributed by atoms with E-state index in [2.05, 4.69) is 0 Å². The van der Waals surface area contributed by atoms with E-state index in [9.17, 15) is 0 Å². The van der Waals surface area contributed by atoms with Gasteiger partial charge in [0.2, 0.25) is 5.75 Å². The molecule has 75 valence electrons. The maximum atomic E-state index is 5.20. The van der Waals surface area contributed by atoms with Gasteiger partial charge in [-0.25, -0.2) is 0 Å². The normalized spacial score (nSPS) is 8.86. The molecule has 0 bridgehead atoms. The minimum atomic E-state index is 0. The summed E-state index contributed by atoms with van der Waals surface area (Å²) in [6.07, 6.45) is 0. The third kappa shape index (κ3) is 2.61. The Morgan fingerprint density at radius 3 is 1.86 bits per heavy atom. The van der Waals surface area contributed by atoms with Crippen LogP contribution in [0.25, 0.3) is 0 Å². The second-order valence-electron chi connectivity index (χ2n) is 2.65. The van der Waals surface area contributed by atoms with Crippen molar-refractivity contribution in [2.24, 2.45) is 0 Å². The van der Waals surface area contributed by atoms with Crippen molar-refractivity contribution in [2.75, 3.05) is 21.3 Å². The van der Waals surface area contributed by atoms with Gasteiger partial charge in [-0.2, -0.15) is 0 Å². The van der Waals surface area contributed by atoms with Gasteiger partial charge >= 0.3 is 0 Å². The average Bonchev–Trinajstić information content (AvgIpc) is 2.17. The fraction of sp³-hybridized carbons (Fsp3) is 0.400. The second kappa shape index (κ2) is 6.25. The standard InChI is InChI=1S/C10H14O3.Y/c1-7-5-6-8(11-2)10(13-4)9(7)12-3;/h5-6H,1-4H3;. The van der Waals surface area contributed by atoms with Crippen LogP contribution in [-0.2, 0) is 32.7 Å². The molecule has 0 atom stereocenters. The van der Waals surface area contributed by atoms with Crippen molar-refractivity contribution in [3.8, 4) is 17.2 Å². The molecule has 0 heterocycles. The maximum absolute atomic E-state index is 5.20. The summed E-state index contributed by atoms with van der Waals surface area (Å²) >= 11 is 0. The molecule has 4 heteroatoms. The summed E-state index contributed by atoms with van der Waals surface area (Å²) in [7, 11) is 4.82. The maximum Gasteiger partial charge on any atom is 0.203 e. The molecule has 1 rings (SSSR count). The van der Waals surface area contributed by atoms with Crippen LogP contribution in [0.15, 0.2) is 12.1 Å². The molecule has 1 aromatic carbocycles. The molecule has 0 aliphatic rings. The zero-order valence-corrected chi connectivity index (χ0v) is 11.8. The fourth-order valence-electron chi connectivity index (χ4n) is 1.25. The van der Waals surface area contributed by atoms with Crippen LogP contribution in [0.5, 0.6) is 17.2 Å². The van der Waals surface area contributed by atoms with Gasteiger partial charge in [0.25, 0.3) is 0 Å². The zero-order valence-electron chi connectivity index (χ0n) is 8.96. The van der Waals surface area contributed by atoms with Crippen LogP contribution in [0, 0.1) is 6.92 Å². The first-order valence-corrected chi connectivity index (χ1v) is 4.00. The number of ether oxygens (including phenoxy) is 3. The number of aryl methyl sites for hydroxylation is 1. The quantitative estimate of drug-likeness (QED) is 0.841. The van der Waals surface area contributed by atoms with Crippen LogP contribution in [0.2, 0.25) is 0 Å². The van der Waals surface area contributed by atoms with Gasteiger partial charge in [-0.1, -0.05) is 6.07 Å². The number of benzene rings is 1. The van der Waals surface area contributed by atoms with Crippen LogP contribution in [0.3, 0.4) is 0 Å². The molecule has 0 aliphatic carbocycles. The van der Waals surface area contributed by atoms with E-state index in [1.54, 1.807) is 21.3 Å². The molecular formula is C10H14O3Y. The smallest absolute Gasteiger partial charge is 0.203 e. The van der Waals surface area contributed by atoms with Crippen molar-refractivity contribution in [1.82, 2.24) is 0 Å². The summed E-state index contributed by atoms with van der Waals surface area (Å²) in [5.41, 5.74) is 1.03. The predicted molar refractivity (Wildman–Crippen MR) is 50.8 cm³/mol. The minimum Gasteiger partial charge on any atom is -0.493 e. The molecule has 3 nitrogen and oxygen atoms in total. The van der Waals surface area contributed by atoms with E-state index >= 15 is 0 Å². The minimum absolute atomic E-state index is 0. The van der Waals surface area contributed by atoms with Gasteiger partial charge in [-0.15, -0.1) is 0 Å². The topological polar surface area (TPSA) is 27.7 Å². The third-order valence-corrected chi connectivity index (χ3v) is 1.90. The Balaban J connectivity index is 0.00000169. The van der Waals surface area contributed by atoms with Crippen molar-refractivity contribution in [3.05, 3.63) is 17.7 Å². The fourth-order valence-corrected chi connectivity index (χ4v) is 1.25. The van der Waals surface area contributed by atoms with Gasteiger partial charge in [0, 0.05) is 32.7 Å². The molecule has 0 unspecified atom stereocenters. The number of methoxy groups -OCH3 is 3. The molecule has 1 aromatic rings. The molecule has 0 spiro atoms. The van der Waals surface area contributed by atoms with E-state index < -0.39 is 0 Å². The molecule has 0 saturated carbocycles. The van der Waals surface area contributed by atoms with E-state index in [1.807, 2.05) is 19.1 Å². The van der Waals surface area contributed by atoms with E-state index in [-0.39, 0.29) is 32.7 Å². The molecule has 0 aliphatic heterocycles. The molecule has 1 radical (unpaired) electrons. The van der Waals surface area contributed by atoms with Crippen molar-refractivity contribution >= 4 is 0 Å². The Bertz CT molecular complexity index is 300. The zero-order chi connectivity index (χ0) is 9.84. The van der Waals surface area contributed by atoms with Crippen LogP contribution < -0.4 is 14.2 Å². The van der Waals surface area contributed by atoms with Gasteiger partial charge in [-0.3, -0.25) is 0 Å². The summed E-state index contributed by atoms with van der Waals surface area (Å²) in [5, 5.41) is 0.